The fraction of sp³-hybridized carbons (Fsp3) is 0.571. The Balaban J connectivity index is 1.99. The van der Waals surface area contributed by atoms with Crippen molar-refractivity contribution in [2.75, 3.05) is 5.73 Å². The van der Waals surface area contributed by atoms with Crippen LogP contribution >= 0.6 is 15.9 Å². The molecule has 0 radical (unpaired) electrons. The molecule has 1 amide bonds. The number of hydrogen-bond acceptors (Lipinski definition) is 3. The number of amides is 1. The van der Waals surface area contributed by atoms with Crippen LogP contribution in [0.3, 0.4) is 0 Å². The van der Waals surface area contributed by atoms with Crippen molar-refractivity contribution in [2.24, 2.45) is 0 Å². The number of hydrogen-bond donors (Lipinski definition) is 2. The highest BCUT2D eigenvalue weighted by atomic mass is 79.9. The number of pyridine rings is 1. The van der Waals surface area contributed by atoms with Crippen LogP contribution in [0.25, 0.3) is 0 Å². The molecule has 2 rings (SSSR count). The molecule has 1 saturated carbocycles. The number of halogens is 1. The van der Waals surface area contributed by atoms with E-state index in [1.54, 1.807) is 6.07 Å². The standard InChI is InChI=1S/C14H20BrN3O2/c15-12-7-10(16)8-18(14(12)20)9-13(19)17-11-5-3-1-2-4-6-11/h7-8,11H,1-6,9,16H2,(H,17,19). The number of nitrogens with one attached hydrogen (secondary N) is 1. The number of aromatic nitrogens is 1. The predicted octanol–water partition coefficient (Wildman–Crippen LogP) is 2.03. The van der Waals surface area contributed by atoms with E-state index in [1.165, 1.54) is 23.6 Å². The average Bonchev–Trinajstić information content (AvgIpc) is 2.64. The second-order valence-corrected chi connectivity index (χ2v) is 6.16. The van der Waals surface area contributed by atoms with Gasteiger partial charge in [-0.3, -0.25) is 9.59 Å². The zero-order chi connectivity index (χ0) is 14.5. The van der Waals surface area contributed by atoms with Crippen LogP contribution in [0.4, 0.5) is 5.69 Å². The Morgan fingerprint density at radius 2 is 2.00 bits per heavy atom. The van der Waals surface area contributed by atoms with Gasteiger partial charge in [-0.15, -0.1) is 0 Å². The second kappa shape index (κ2) is 6.92. The maximum atomic E-state index is 12.0. The summed E-state index contributed by atoms with van der Waals surface area (Å²) in [6.07, 6.45) is 8.37. The van der Waals surface area contributed by atoms with Crippen LogP contribution in [0.1, 0.15) is 38.5 Å². The van der Waals surface area contributed by atoms with E-state index in [4.69, 9.17) is 5.73 Å². The minimum absolute atomic E-state index is 0.0129. The number of carbonyl (C=O) groups excluding carboxylic acids is 1. The van der Waals surface area contributed by atoms with Crippen LogP contribution in [0.15, 0.2) is 21.5 Å². The average molecular weight is 342 g/mol. The quantitative estimate of drug-likeness (QED) is 0.825. The number of nitrogens with zero attached hydrogens (tertiary/aromatic N) is 1. The van der Waals surface area contributed by atoms with Crippen molar-refractivity contribution in [3.8, 4) is 0 Å². The van der Waals surface area contributed by atoms with E-state index in [-0.39, 0.29) is 24.1 Å². The minimum atomic E-state index is -0.241. The largest absolute Gasteiger partial charge is 0.398 e. The summed E-state index contributed by atoms with van der Waals surface area (Å²) >= 11 is 3.15. The third kappa shape index (κ3) is 4.10. The molecule has 0 atom stereocenters. The Bertz CT molecular complexity index is 534. The summed E-state index contributed by atoms with van der Waals surface area (Å²) < 4.78 is 1.71. The number of nitrogens with two attached hydrogens (primary N) is 1. The summed E-state index contributed by atoms with van der Waals surface area (Å²) in [4.78, 5) is 23.9. The molecule has 1 aromatic rings. The molecular weight excluding hydrogens is 322 g/mol. The van der Waals surface area contributed by atoms with Crippen LogP contribution in [-0.2, 0) is 11.3 Å². The van der Waals surface area contributed by atoms with E-state index in [0.717, 1.165) is 25.7 Å². The number of rotatable bonds is 3. The van der Waals surface area contributed by atoms with Gasteiger partial charge in [0.25, 0.3) is 5.56 Å². The third-order valence-corrected chi connectivity index (χ3v) is 4.17. The smallest absolute Gasteiger partial charge is 0.265 e. The first-order valence-corrected chi connectivity index (χ1v) is 7.80. The zero-order valence-electron chi connectivity index (χ0n) is 11.4. The molecular formula is C14H20BrN3O2. The van der Waals surface area contributed by atoms with Crippen molar-refractivity contribution >= 4 is 27.5 Å². The summed E-state index contributed by atoms with van der Waals surface area (Å²) in [6.45, 7) is 0.0129. The van der Waals surface area contributed by atoms with Crippen LogP contribution in [0.2, 0.25) is 0 Å². The van der Waals surface area contributed by atoms with Crippen molar-refractivity contribution in [2.45, 2.75) is 51.1 Å². The van der Waals surface area contributed by atoms with Crippen LogP contribution in [0.5, 0.6) is 0 Å². The monoisotopic (exact) mass is 341 g/mol. The Morgan fingerprint density at radius 3 is 2.65 bits per heavy atom. The summed E-state index contributed by atoms with van der Waals surface area (Å²) in [5.74, 6) is -0.128. The lowest BCUT2D eigenvalue weighted by atomic mass is 10.1. The van der Waals surface area contributed by atoms with E-state index >= 15 is 0 Å². The van der Waals surface area contributed by atoms with Crippen molar-refractivity contribution in [3.63, 3.8) is 0 Å². The van der Waals surface area contributed by atoms with Gasteiger partial charge in [0.15, 0.2) is 0 Å². The SMILES string of the molecule is Nc1cc(Br)c(=O)n(CC(=O)NC2CCCCCC2)c1. The van der Waals surface area contributed by atoms with Crippen LogP contribution in [0, 0.1) is 0 Å². The molecule has 1 fully saturated rings. The maximum absolute atomic E-state index is 12.0. The molecule has 0 aromatic carbocycles. The van der Waals surface area contributed by atoms with Crippen LogP contribution < -0.4 is 16.6 Å². The predicted molar refractivity (Wildman–Crippen MR) is 82.4 cm³/mol. The Hall–Kier alpha value is -1.30. The van der Waals surface area contributed by atoms with Crippen LogP contribution in [-0.4, -0.2) is 16.5 Å². The first-order chi connectivity index (χ1) is 9.56. The lowest BCUT2D eigenvalue weighted by Crippen LogP contribution is -2.38. The number of carbonyl (C=O) groups is 1. The lowest BCUT2D eigenvalue weighted by molar-refractivity contribution is -0.122. The highest BCUT2D eigenvalue weighted by molar-refractivity contribution is 9.10. The van der Waals surface area contributed by atoms with Gasteiger partial charge in [0.2, 0.25) is 5.91 Å². The topological polar surface area (TPSA) is 77.1 Å². The molecule has 1 aliphatic carbocycles. The number of anilines is 1. The fourth-order valence-electron chi connectivity index (χ4n) is 2.59. The van der Waals surface area contributed by atoms with E-state index in [9.17, 15) is 9.59 Å². The normalized spacial score (nSPS) is 16.6. The van der Waals surface area contributed by atoms with Gasteiger partial charge in [0.05, 0.1) is 4.47 Å². The van der Waals surface area contributed by atoms with Crippen molar-refractivity contribution in [3.05, 3.63) is 27.1 Å². The van der Waals surface area contributed by atoms with Crippen molar-refractivity contribution < 1.29 is 4.79 Å². The minimum Gasteiger partial charge on any atom is -0.398 e. The van der Waals surface area contributed by atoms with Crippen molar-refractivity contribution in [1.29, 1.82) is 0 Å². The van der Waals surface area contributed by atoms with Gasteiger partial charge in [-0.1, -0.05) is 25.7 Å². The second-order valence-electron chi connectivity index (χ2n) is 5.31. The Labute approximate surface area is 126 Å². The van der Waals surface area contributed by atoms with Gasteiger partial charge in [-0.2, -0.15) is 0 Å². The third-order valence-electron chi connectivity index (χ3n) is 3.60. The number of nitrogen functional groups attached to an aromatic ring is 1. The molecule has 1 heterocycles. The Kier molecular flexibility index (Phi) is 5.23. The molecule has 0 spiro atoms. The van der Waals surface area contributed by atoms with Gasteiger partial charge >= 0.3 is 0 Å². The molecule has 1 aliphatic rings. The van der Waals surface area contributed by atoms with Gasteiger partial charge in [0, 0.05) is 17.9 Å². The first kappa shape index (κ1) is 15.1. The molecule has 6 heteroatoms. The van der Waals surface area contributed by atoms with Gasteiger partial charge in [0.1, 0.15) is 6.54 Å². The molecule has 0 aliphatic heterocycles. The molecule has 0 unspecified atom stereocenters. The van der Waals surface area contributed by atoms with E-state index in [0.29, 0.717) is 10.2 Å². The summed E-state index contributed by atoms with van der Waals surface area (Å²) in [5, 5.41) is 3.02. The van der Waals surface area contributed by atoms with E-state index < -0.39 is 0 Å². The molecule has 110 valence electrons. The molecule has 1 aromatic heterocycles. The van der Waals surface area contributed by atoms with E-state index in [2.05, 4.69) is 21.2 Å². The Morgan fingerprint density at radius 1 is 1.35 bits per heavy atom. The van der Waals surface area contributed by atoms with Gasteiger partial charge in [-0.25, -0.2) is 0 Å². The molecule has 0 bridgehead atoms. The maximum Gasteiger partial charge on any atom is 0.265 e. The molecule has 0 saturated heterocycles. The zero-order valence-corrected chi connectivity index (χ0v) is 13.0. The summed E-state index contributed by atoms with van der Waals surface area (Å²) in [7, 11) is 0. The first-order valence-electron chi connectivity index (χ1n) is 7.01. The fourth-order valence-corrected chi connectivity index (χ4v) is 3.08. The molecule has 3 N–H and O–H groups in total. The van der Waals surface area contributed by atoms with Gasteiger partial charge < -0.3 is 15.6 Å². The van der Waals surface area contributed by atoms with Gasteiger partial charge in [-0.05, 0) is 34.8 Å². The van der Waals surface area contributed by atoms with E-state index in [1.807, 2.05) is 0 Å². The summed E-state index contributed by atoms with van der Waals surface area (Å²) in [5.41, 5.74) is 5.90. The van der Waals surface area contributed by atoms with Crippen molar-refractivity contribution in [1.82, 2.24) is 9.88 Å². The highest BCUT2D eigenvalue weighted by Gasteiger charge is 2.15. The molecule has 5 nitrogen and oxygen atoms in total. The molecule has 20 heavy (non-hydrogen) atoms. The highest BCUT2D eigenvalue weighted by Crippen LogP contribution is 2.17. The summed E-state index contributed by atoms with van der Waals surface area (Å²) in [6, 6.07) is 1.78. The lowest BCUT2D eigenvalue weighted by Gasteiger charge is -2.16.